The molecule has 96 valence electrons. The van der Waals surface area contributed by atoms with E-state index < -0.39 is 0 Å². The Morgan fingerprint density at radius 1 is 1.47 bits per heavy atom. The number of anilines is 1. The Labute approximate surface area is 105 Å². The van der Waals surface area contributed by atoms with Crippen molar-refractivity contribution in [2.45, 2.75) is 19.6 Å². The van der Waals surface area contributed by atoms with Crippen LogP contribution in [-0.4, -0.2) is 43.5 Å². The highest BCUT2D eigenvalue weighted by Gasteiger charge is 2.17. The van der Waals surface area contributed by atoms with Crippen LogP contribution < -0.4 is 4.90 Å². The summed E-state index contributed by atoms with van der Waals surface area (Å²) in [6.07, 6.45) is 1.02. The maximum atomic E-state index is 9.28. The van der Waals surface area contributed by atoms with Gasteiger partial charge in [0.05, 0.1) is 30.4 Å². The Morgan fingerprint density at radius 3 is 3.12 bits per heavy atom. The summed E-state index contributed by atoms with van der Waals surface area (Å²) in [4.78, 5) is 7.65. The molecule has 2 rings (SSSR count). The van der Waals surface area contributed by atoms with E-state index in [2.05, 4.69) is 9.88 Å². The molecule has 0 unspecified atom stereocenters. The predicted octanol–water partition coefficient (Wildman–Crippen LogP) is 1.01. The zero-order valence-corrected chi connectivity index (χ0v) is 10.8. The van der Waals surface area contributed by atoms with Gasteiger partial charge in [0.25, 0.3) is 0 Å². The molecule has 6 heteroatoms. The van der Waals surface area contributed by atoms with Crippen LogP contribution in [0.1, 0.15) is 17.0 Å². The molecule has 1 aromatic rings. The van der Waals surface area contributed by atoms with Crippen LogP contribution >= 0.6 is 11.3 Å². The Hall–Kier alpha value is -0.690. The van der Waals surface area contributed by atoms with E-state index in [1.165, 1.54) is 0 Å². The van der Waals surface area contributed by atoms with Gasteiger partial charge in [-0.25, -0.2) is 4.98 Å². The SMILES string of the molecule is COCc1nc(N2CCCOCC2)sc1CO. The second-order valence-corrected chi connectivity index (χ2v) is 4.97. The average Bonchev–Trinajstić information content (AvgIpc) is 2.58. The summed E-state index contributed by atoms with van der Waals surface area (Å²) in [5.74, 6) is 0. The van der Waals surface area contributed by atoms with E-state index in [4.69, 9.17) is 9.47 Å². The topological polar surface area (TPSA) is 54.8 Å². The molecular weight excluding hydrogens is 240 g/mol. The van der Waals surface area contributed by atoms with Crippen LogP contribution in [0.4, 0.5) is 5.13 Å². The van der Waals surface area contributed by atoms with Crippen LogP contribution in [0.15, 0.2) is 0 Å². The number of ether oxygens (including phenoxy) is 2. The van der Waals surface area contributed by atoms with Crippen LogP contribution in [0, 0.1) is 0 Å². The molecule has 5 nitrogen and oxygen atoms in total. The normalized spacial score (nSPS) is 17.2. The third-order valence-electron chi connectivity index (χ3n) is 2.68. The van der Waals surface area contributed by atoms with Crippen LogP contribution in [0.2, 0.25) is 0 Å². The molecule has 0 aliphatic carbocycles. The third-order valence-corrected chi connectivity index (χ3v) is 3.83. The number of hydrogen-bond acceptors (Lipinski definition) is 6. The zero-order valence-electron chi connectivity index (χ0n) is 10.0. The van der Waals surface area contributed by atoms with E-state index in [1.54, 1.807) is 18.4 Å². The number of hydrogen-bond donors (Lipinski definition) is 1. The van der Waals surface area contributed by atoms with Gasteiger partial charge in [-0.2, -0.15) is 0 Å². The summed E-state index contributed by atoms with van der Waals surface area (Å²) < 4.78 is 10.5. The predicted molar refractivity (Wildman–Crippen MR) is 66.4 cm³/mol. The van der Waals surface area contributed by atoms with Crippen LogP contribution in [0.3, 0.4) is 0 Å². The first kappa shape index (κ1) is 12.8. The molecule has 1 aliphatic heterocycles. The minimum atomic E-state index is 0.0285. The van der Waals surface area contributed by atoms with Gasteiger partial charge in [0.2, 0.25) is 0 Å². The lowest BCUT2D eigenvalue weighted by molar-refractivity contribution is 0.152. The Kier molecular flexibility index (Phi) is 4.73. The van der Waals surface area contributed by atoms with Gasteiger partial charge in [0.15, 0.2) is 5.13 Å². The molecule has 1 N–H and O–H groups in total. The number of aromatic nitrogens is 1. The average molecular weight is 258 g/mol. The fourth-order valence-corrected chi connectivity index (χ4v) is 2.79. The Balaban J connectivity index is 2.13. The number of aliphatic hydroxyl groups is 1. The Morgan fingerprint density at radius 2 is 2.35 bits per heavy atom. The first-order valence-electron chi connectivity index (χ1n) is 5.76. The summed E-state index contributed by atoms with van der Waals surface area (Å²) >= 11 is 1.54. The van der Waals surface area contributed by atoms with Crippen molar-refractivity contribution in [2.24, 2.45) is 0 Å². The minimum Gasteiger partial charge on any atom is -0.391 e. The van der Waals surface area contributed by atoms with Gasteiger partial charge in [-0.05, 0) is 6.42 Å². The van der Waals surface area contributed by atoms with E-state index >= 15 is 0 Å². The largest absolute Gasteiger partial charge is 0.391 e. The molecule has 0 atom stereocenters. The number of methoxy groups -OCH3 is 1. The smallest absolute Gasteiger partial charge is 0.186 e. The fourth-order valence-electron chi connectivity index (χ4n) is 1.82. The van der Waals surface area contributed by atoms with Crippen molar-refractivity contribution in [3.8, 4) is 0 Å². The van der Waals surface area contributed by atoms with Gasteiger partial charge in [-0.1, -0.05) is 11.3 Å². The molecule has 0 bridgehead atoms. The molecule has 0 spiro atoms. The molecule has 17 heavy (non-hydrogen) atoms. The standard InChI is InChI=1S/C11H18N2O3S/c1-15-8-9-10(7-14)17-11(12-9)13-3-2-5-16-6-4-13/h14H,2-8H2,1H3. The van der Waals surface area contributed by atoms with E-state index in [-0.39, 0.29) is 6.61 Å². The van der Waals surface area contributed by atoms with Gasteiger partial charge in [-0.3, -0.25) is 0 Å². The lowest BCUT2D eigenvalue weighted by atomic mass is 10.4. The van der Waals surface area contributed by atoms with Crippen molar-refractivity contribution in [3.63, 3.8) is 0 Å². The highest BCUT2D eigenvalue weighted by Crippen LogP contribution is 2.27. The fraction of sp³-hybridized carbons (Fsp3) is 0.727. The zero-order chi connectivity index (χ0) is 12.1. The third kappa shape index (κ3) is 3.16. The molecule has 2 heterocycles. The molecule has 1 aliphatic rings. The second-order valence-electron chi connectivity index (χ2n) is 3.91. The monoisotopic (exact) mass is 258 g/mol. The molecule has 1 aromatic heterocycles. The summed E-state index contributed by atoms with van der Waals surface area (Å²) in [7, 11) is 1.64. The summed E-state index contributed by atoms with van der Waals surface area (Å²) in [5, 5.41) is 10.2. The lowest BCUT2D eigenvalue weighted by Gasteiger charge is -2.17. The second kappa shape index (κ2) is 6.30. The summed E-state index contributed by atoms with van der Waals surface area (Å²) in [6.45, 7) is 3.88. The van der Waals surface area contributed by atoms with Crippen LogP contribution in [-0.2, 0) is 22.7 Å². The lowest BCUT2D eigenvalue weighted by Crippen LogP contribution is -2.25. The molecule has 1 fully saturated rings. The van der Waals surface area contributed by atoms with Crippen molar-refractivity contribution in [1.29, 1.82) is 0 Å². The van der Waals surface area contributed by atoms with Crippen LogP contribution in [0.25, 0.3) is 0 Å². The van der Waals surface area contributed by atoms with Crippen molar-refractivity contribution in [2.75, 3.05) is 38.3 Å². The quantitative estimate of drug-likeness (QED) is 0.873. The molecule has 1 saturated heterocycles. The van der Waals surface area contributed by atoms with Crippen molar-refractivity contribution >= 4 is 16.5 Å². The van der Waals surface area contributed by atoms with Gasteiger partial charge >= 0.3 is 0 Å². The summed E-state index contributed by atoms with van der Waals surface area (Å²) in [6, 6.07) is 0. The molecule has 0 saturated carbocycles. The maximum absolute atomic E-state index is 9.28. The molecule has 0 aromatic carbocycles. The highest BCUT2D eigenvalue weighted by atomic mass is 32.1. The number of thiazole rings is 1. The van der Waals surface area contributed by atoms with Crippen molar-refractivity contribution < 1.29 is 14.6 Å². The Bertz CT molecular complexity index is 348. The number of aliphatic hydroxyl groups excluding tert-OH is 1. The summed E-state index contributed by atoms with van der Waals surface area (Å²) in [5.41, 5.74) is 0.847. The molecular formula is C11H18N2O3S. The van der Waals surface area contributed by atoms with Crippen molar-refractivity contribution in [1.82, 2.24) is 4.98 Å². The van der Waals surface area contributed by atoms with Crippen molar-refractivity contribution in [3.05, 3.63) is 10.6 Å². The number of nitrogens with zero attached hydrogens (tertiary/aromatic N) is 2. The first-order valence-corrected chi connectivity index (χ1v) is 6.58. The van der Waals surface area contributed by atoms with Gasteiger partial charge in [0, 0.05) is 26.8 Å². The van der Waals surface area contributed by atoms with E-state index in [0.717, 1.165) is 48.4 Å². The molecule has 0 amide bonds. The van der Waals surface area contributed by atoms with Gasteiger partial charge < -0.3 is 19.5 Å². The minimum absolute atomic E-state index is 0.0285. The van der Waals surface area contributed by atoms with E-state index in [0.29, 0.717) is 6.61 Å². The van der Waals surface area contributed by atoms with Crippen LogP contribution in [0.5, 0.6) is 0 Å². The van der Waals surface area contributed by atoms with E-state index in [1.807, 2.05) is 0 Å². The molecule has 0 radical (unpaired) electrons. The number of rotatable bonds is 4. The van der Waals surface area contributed by atoms with Gasteiger partial charge in [-0.15, -0.1) is 0 Å². The van der Waals surface area contributed by atoms with Gasteiger partial charge in [0.1, 0.15) is 0 Å². The highest BCUT2D eigenvalue weighted by molar-refractivity contribution is 7.15. The van der Waals surface area contributed by atoms with E-state index in [9.17, 15) is 5.11 Å². The maximum Gasteiger partial charge on any atom is 0.186 e. The first-order chi connectivity index (χ1) is 8.35.